The van der Waals surface area contributed by atoms with Crippen molar-refractivity contribution in [2.24, 2.45) is 5.73 Å². The number of nitrogens with one attached hydrogen (secondary N) is 1. The Morgan fingerprint density at radius 3 is 2.70 bits per heavy atom. The first-order chi connectivity index (χ1) is 9.50. The first-order valence-electron chi connectivity index (χ1n) is 6.95. The van der Waals surface area contributed by atoms with Crippen molar-refractivity contribution in [1.29, 1.82) is 0 Å². The van der Waals surface area contributed by atoms with E-state index in [1.54, 1.807) is 24.0 Å². The maximum Gasteiger partial charge on any atom is 0.242 e. The lowest BCUT2D eigenvalue weighted by Crippen LogP contribution is -2.31. The van der Waals surface area contributed by atoms with E-state index >= 15 is 0 Å². The highest BCUT2D eigenvalue weighted by Gasteiger charge is 2.42. The van der Waals surface area contributed by atoms with Gasteiger partial charge in [0.05, 0.1) is 4.90 Å². The zero-order valence-corrected chi connectivity index (χ0v) is 13.3. The molecule has 1 aromatic rings. The molecule has 1 heterocycles. The Morgan fingerprint density at radius 1 is 1.50 bits per heavy atom. The molecule has 2 aliphatic carbocycles. The molecule has 0 bridgehead atoms. The van der Waals surface area contributed by atoms with E-state index in [1.807, 2.05) is 10.8 Å². The third-order valence-electron chi connectivity index (χ3n) is 4.19. The average Bonchev–Trinajstić information content (AvgIpc) is 3.35. The minimum atomic E-state index is -3.42. The SMILES string of the molecule is CSC1(CNS(=O)(=O)c2cc(CN)n(C3CC3)c2)CC1. The monoisotopic (exact) mass is 315 g/mol. The van der Waals surface area contributed by atoms with Gasteiger partial charge >= 0.3 is 0 Å². The van der Waals surface area contributed by atoms with Gasteiger partial charge < -0.3 is 10.3 Å². The summed E-state index contributed by atoms with van der Waals surface area (Å²) in [5.74, 6) is 0. The largest absolute Gasteiger partial charge is 0.346 e. The fourth-order valence-corrected chi connectivity index (χ4v) is 4.40. The van der Waals surface area contributed by atoms with Crippen LogP contribution in [0.5, 0.6) is 0 Å². The molecule has 3 N–H and O–H groups in total. The van der Waals surface area contributed by atoms with Crippen molar-refractivity contribution in [3.63, 3.8) is 0 Å². The molecule has 0 spiro atoms. The Labute approximate surface area is 124 Å². The minimum absolute atomic E-state index is 0.128. The number of nitrogens with zero attached hydrogens (tertiary/aromatic N) is 1. The molecule has 3 rings (SSSR count). The third-order valence-corrected chi connectivity index (χ3v) is 6.98. The molecule has 0 radical (unpaired) electrons. The third kappa shape index (κ3) is 2.77. The number of hydrogen-bond donors (Lipinski definition) is 2. The van der Waals surface area contributed by atoms with Crippen LogP contribution in [0.4, 0.5) is 0 Å². The number of nitrogens with two attached hydrogens (primary N) is 1. The zero-order valence-electron chi connectivity index (χ0n) is 11.6. The molecule has 2 saturated carbocycles. The van der Waals surface area contributed by atoms with E-state index in [4.69, 9.17) is 5.73 Å². The predicted molar refractivity (Wildman–Crippen MR) is 81.3 cm³/mol. The van der Waals surface area contributed by atoms with Gasteiger partial charge in [0.2, 0.25) is 10.0 Å². The van der Waals surface area contributed by atoms with Crippen LogP contribution in [-0.4, -0.2) is 30.5 Å². The number of rotatable bonds is 7. The van der Waals surface area contributed by atoms with Gasteiger partial charge in [0.15, 0.2) is 0 Å². The van der Waals surface area contributed by atoms with Gasteiger partial charge in [-0.2, -0.15) is 11.8 Å². The topological polar surface area (TPSA) is 77.1 Å². The van der Waals surface area contributed by atoms with E-state index in [-0.39, 0.29) is 4.75 Å². The lowest BCUT2D eigenvalue weighted by Gasteiger charge is -2.12. The summed E-state index contributed by atoms with van der Waals surface area (Å²) in [5, 5.41) is 0. The molecule has 112 valence electrons. The summed E-state index contributed by atoms with van der Waals surface area (Å²) in [6.45, 7) is 0.893. The standard InChI is InChI=1S/C13H21N3O2S2/c1-19-13(4-5-13)9-15-20(17,18)12-6-11(7-14)16(8-12)10-2-3-10/h6,8,10,15H,2-5,7,9,14H2,1H3. The van der Waals surface area contributed by atoms with Gasteiger partial charge in [0.1, 0.15) is 0 Å². The highest BCUT2D eigenvalue weighted by atomic mass is 32.2. The highest BCUT2D eigenvalue weighted by molar-refractivity contribution is 8.00. The van der Waals surface area contributed by atoms with Gasteiger partial charge in [-0.05, 0) is 38.0 Å². The maximum absolute atomic E-state index is 12.4. The molecule has 0 unspecified atom stereocenters. The van der Waals surface area contributed by atoms with E-state index in [9.17, 15) is 8.42 Å². The molecule has 2 aliphatic rings. The molecule has 0 amide bonds. The van der Waals surface area contributed by atoms with Crippen molar-refractivity contribution in [3.05, 3.63) is 18.0 Å². The smallest absolute Gasteiger partial charge is 0.242 e. The van der Waals surface area contributed by atoms with Crippen LogP contribution >= 0.6 is 11.8 Å². The second-order valence-electron chi connectivity index (χ2n) is 5.72. The van der Waals surface area contributed by atoms with Gasteiger partial charge in [-0.15, -0.1) is 0 Å². The van der Waals surface area contributed by atoms with E-state index in [0.29, 0.717) is 24.0 Å². The first-order valence-corrected chi connectivity index (χ1v) is 9.66. The van der Waals surface area contributed by atoms with Gasteiger partial charge in [-0.1, -0.05) is 0 Å². The quantitative estimate of drug-likeness (QED) is 0.798. The summed E-state index contributed by atoms with van der Waals surface area (Å²) in [7, 11) is -3.42. The van der Waals surface area contributed by atoms with E-state index < -0.39 is 10.0 Å². The van der Waals surface area contributed by atoms with Crippen LogP contribution in [0.3, 0.4) is 0 Å². The average molecular weight is 315 g/mol. The summed E-state index contributed by atoms with van der Waals surface area (Å²) in [5.41, 5.74) is 6.61. The molecule has 0 aromatic carbocycles. The van der Waals surface area contributed by atoms with Crippen molar-refractivity contribution in [2.45, 2.75) is 47.9 Å². The second-order valence-corrected chi connectivity index (χ2v) is 8.76. The fraction of sp³-hybridized carbons (Fsp3) is 0.692. The van der Waals surface area contributed by atoms with E-state index in [2.05, 4.69) is 4.72 Å². The number of sulfonamides is 1. The highest BCUT2D eigenvalue weighted by Crippen LogP contribution is 2.46. The molecule has 1 aromatic heterocycles. The number of thioether (sulfide) groups is 1. The van der Waals surface area contributed by atoms with Crippen molar-refractivity contribution >= 4 is 21.8 Å². The summed E-state index contributed by atoms with van der Waals surface area (Å²) in [4.78, 5) is 0.349. The maximum atomic E-state index is 12.4. The summed E-state index contributed by atoms with van der Waals surface area (Å²) < 4.78 is 29.6. The van der Waals surface area contributed by atoms with E-state index in [0.717, 1.165) is 31.4 Å². The molecule has 2 fully saturated rings. The molecule has 0 saturated heterocycles. The van der Waals surface area contributed by atoms with Crippen LogP contribution in [0.25, 0.3) is 0 Å². The molecular weight excluding hydrogens is 294 g/mol. The van der Waals surface area contributed by atoms with Crippen molar-refractivity contribution < 1.29 is 8.42 Å². The number of aromatic nitrogens is 1. The van der Waals surface area contributed by atoms with Crippen LogP contribution in [0.2, 0.25) is 0 Å². The Morgan fingerprint density at radius 2 is 2.20 bits per heavy atom. The van der Waals surface area contributed by atoms with Crippen molar-refractivity contribution in [2.75, 3.05) is 12.8 Å². The molecule has 5 nitrogen and oxygen atoms in total. The van der Waals surface area contributed by atoms with Crippen LogP contribution < -0.4 is 10.5 Å². The molecule has 0 aliphatic heterocycles. The zero-order chi connectivity index (χ0) is 14.4. The molecule has 7 heteroatoms. The molecule has 20 heavy (non-hydrogen) atoms. The Balaban J connectivity index is 1.76. The van der Waals surface area contributed by atoms with Gasteiger partial charge in [-0.25, -0.2) is 13.1 Å². The van der Waals surface area contributed by atoms with Gasteiger partial charge in [0.25, 0.3) is 0 Å². The van der Waals surface area contributed by atoms with Gasteiger partial charge in [0, 0.05) is 35.8 Å². The van der Waals surface area contributed by atoms with Crippen molar-refractivity contribution in [1.82, 2.24) is 9.29 Å². The number of hydrogen-bond acceptors (Lipinski definition) is 4. The van der Waals surface area contributed by atoms with Gasteiger partial charge in [-0.3, -0.25) is 0 Å². The molecule has 0 atom stereocenters. The lowest BCUT2D eigenvalue weighted by molar-refractivity contribution is 0.579. The summed E-state index contributed by atoms with van der Waals surface area (Å²) in [6, 6.07) is 2.15. The Kier molecular flexibility index (Phi) is 3.64. The predicted octanol–water partition coefficient (Wildman–Crippen LogP) is 1.46. The Hall–Kier alpha value is -0.500. The van der Waals surface area contributed by atoms with Crippen LogP contribution in [-0.2, 0) is 16.6 Å². The normalized spacial score (nSPS) is 21.1. The van der Waals surface area contributed by atoms with Crippen LogP contribution in [0, 0.1) is 0 Å². The van der Waals surface area contributed by atoms with Crippen molar-refractivity contribution in [3.8, 4) is 0 Å². The second kappa shape index (κ2) is 5.05. The van der Waals surface area contributed by atoms with E-state index in [1.165, 1.54) is 0 Å². The van der Waals surface area contributed by atoms with Crippen LogP contribution in [0.1, 0.15) is 37.4 Å². The Bertz CT molecular complexity index is 601. The molecular formula is C13H21N3O2S2. The fourth-order valence-electron chi connectivity index (χ4n) is 2.40. The summed E-state index contributed by atoms with van der Waals surface area (Å²) in [6.07, 6.45) is 8.19. The lowest BCUT2D eigenvalue weighted by atomic mass is 10.4. The minimum Gasteiger partial charge on any atom is -0.346 e. The summed E-state index contributed by atoms with van der Waals surface area (Å²) >= 11 is 1.75. The first kappa shape index (κ1) is 14.4. The van der Waals surface area contributed by atoms with Crippen LogP contribution in [0.15, 0.2) is 17.2 Å².